The highest BCUT2D eigenvalue weighted by Crippen LogP contribution is 2.28. The minimum Gasteiger partial charge on any atom is -0.388 e. The molecule has 0 amide bonds. The first kappa shape index (κ1) is 16.5. The summed E-state index contributed by atoms with van der Waals surface area (Å²) in [5.74, 6) is 0.200. The summed E-state index contributed by atoms with van der Waals surface area (Å²) in [6.45, 7) is 5.17. The SMILES string of the molecule is CC(C)n1cc(C(O)CC2CCCN(S(C)(=O)=O)C2)cn1. The molecule has 1 aliphatic rings. The number of rotatable bonds is 5. The van der Waals surface area contributed by atoms with E-state index in [0.29, 0.717) is 19.5 Å². The van der Waals surface area contributed by atoms with Gasteiger partial charge in [0.15, 0.2) is 0 Å². The fourth-order valence-corrected chi connectivity index (χ4v) is 3.72. The van der Waals surface area contributed by atoms with E-state index < -0.39 is 16.1 Å². The second-order valence-electron chi connectivity index (χ2n) is 6.23. The second kappa shape index (κ2) is 6.46. The topological polar surface area (TPSA) is 75.4 Å². The number of piperidine rings is 1. The molecule has 1 aromatic heterocycles. The maximum absolute atomic E-state index is 11.6. The number of aliphatic hydroxyl groups is 1. The number of aliphatic hydroxyl groups excluding tert-OH is 1. The standard InChI is InChI=1S/C14H25N3O3S/c1-11(2)17-10-13(8-15-17)14(18)7-12-5-4-6-16(9-12)21(3,19)20/h8,10-12,14,18H,4-7,9H2,1-3H3. The third kappa shape index (κ3) is 4.28. The minimum absolute atomic E-state index is 0.200. The van der Waals surface area contributed by atoms with Gasteiger partial charge in [-0.05, 0) is 39.0 Å². The van der Waals surface area contributed by atoms with E-state index in [1.807, 2.05) is 24.7 Å². The van der Waals surface area contributed by atoms with Crippen molar-refractivity contribution >= 4 is 10.0 Å². The fourth-order valence-electron chi connectivity index (χ4n) is 2.78. The van der Waals surface area contributed by atoms with E-state index in [4.69, 9.17) is 0 Å². The average Bonchev–Trinajstić information content (AvgIpc) is 2.88. The van der Waals surface area contributed by atoms with Gasteiger partial charge < -0.3 is 5.11 Å². The lowest BCUT2D eigenvalue weighted by Gasteiger charge is -2.31. The Kier molecular flexibility index (Phi) is 5.06. The minimum atomic E-state index is -3.13. The highest BCUT2D eigenvalue weighted by Gasteiger charge is 2.27. The summed E-state index contributed by atoms with van der Waals surface area (Å²) in [4.78, 5) is 0. The molecule has 2 heterocycles. The monoisotopic (exact) mass is 315 g/mol. The van der Waals surface area contributed by atoms with Crippen LogP contribution in [0.15, 0.2) is 12.4 Å². The largest absolute Gasteiger partial charge is 0.388 e. The van der Waals surface area contributed by atoms with Gasteiger partial charge in [-0.15, -0.1) is 0 Å². The van der Waals surface area contributed by atoms with Crippen molar-refractivity contribution in [3.05, 3.63) is 18.0 Å². The van der Waals surface area contributed by atoms with Crippen LogP contribution in [0.1, 0.15) is 50.8 Å². The van der Waals surface area contributed by atoms with Crippen molar-refractivity contribution < 1.29 is 13.5 Å². The van der Waals surface area contributed by atoms with E-state index >= 15 is 0 Å². The van der Waals surface area contributed by atoms with E-state index in [9.17, 15) is 13.5 Å². The van der Waals surface area contributed by atoms with Crippen molar-refractivity contribution in [3.63, 3.8) is 0 Å². The maximum Gasteiger partial charge on any atom is 0.211 e. The molecule has 0 aromatic carbocycles. The Balaban J connectivity index is 1.97. The molecule has 1 saturated heterocycles. The van der Waals surface area contributed by atoms with Crippen LogP contribution in [0.25, 0.3) is 0 Å². The van der Waals surface area contributed by atoms with Gasteiger partial charge in [-0.2, -0.15) is 5.10 Å². The molecule has 0 aliphatic carbocycles. The summed E-state index contributed by atoms with van der Waals surface area (Å²) in [6.07, 6.45) is 6.63. The molecule has 2 rings (SSSR count). The van der Waals surface area contributed by atoms with Gasteiger partial charge in [0.25, 0.3) is 0 Å². The van der Waals surface area contributed by atoms with E-state index in [2.05, 4.69) is 5.10 Å². The number of hydrogen-bond acceptors (Lipinski definition) is 4. The summed E-state index contributed by atoms with van der Waals surface area (Å²) in [6, 6.07) is 0.265. The van der Waals surface area contributed by atoms with E-state index in [1.54, 1.807) is 6.20 Å². The summed E-state index contributed by atoms with van der Waals surface area (Å²) in [5.41, 5.74) is 0.806. The Morgan fingerprint density at radius 2 is 2.19 bits per heavy atom. The molecule has 1 fully saturated rings. The molecule has 21 heavy (non-hydrogen) atoms. The molecular formula is C14H25N3O3S. The summed E-state index contributed by atoms with van der Waals surface area (Å²) in [7, 11) is -3.13. The first-order chi connectivity index (χ1) is 9.77. The molecule has 2 unspecified atom stereocenters. The van der Waals surface area contributed by atoms with Crippen LogP contribution in [0.3, 0.4) is 0 Å². The Labute approximate surface area is 126 Å². The van der Waals surface area contributed by atoms with Crippen LogP contribution < -0.4 is 0 Å². The van der Waals surface area contributed by atoms with Crippen molar-refractivity contribution in [2.75, 3.05) is 19.3 Å². The van der Waals surface area contributed by atoms with Gasteiger partial charge in [0, 0.05) is 30.9 Å². The van der Waals surface area contributed by atoms with Crippen LogP contribution in [-0.2, 0) is 10.0 Å². The van der Waals surface area contributed by atoms with Gasteiger partial charge in [0.2, 0.25) is 10.0 Å². The van der Waals surface area contributed by atoms with Crippen LogP contribution >= 0.6 is 0 Å². The lowest BCUT2D eigenvalue weighted by Crippen LogP contribution is -2.39. The third-order valence-electron chi connectivity index (χ3n) is 4.04. The van der Waals surface area contributed by atoms with Gasteiger partial charge >= 0.3 is 0 Å². The molecule has 1 N–H and O–H groups in total. The quantitative estimate of drug-likeness (QED) is 0.894. The predicted molar refractivity (Wildman–Crippen MR) is 81.3 cm³/mol. The molecule has 2 atom stereocenters. The summed E-state index contributed by atoms with van der Waals surface area (Å²) < 4.78 is 26.6. The highest BCUT2D eigenvalue weighted by molar-refractivity contribution is 7.88. The van der Waals surface area contributed by atoms with E-state index in [1.165, 1.54) is 10.6 Å². The molecule has 1 aliphatic heterocycles. The molecule has 7 heteroatoms. The zero-order chi connectivity index (χ0) is 15.6. The number of hydrogen-bond donors (Lipinski definition) is 1. The smallest absolute Gasteiger partial charge is 0.211 e. The zero-order valence-electron chi connectivity index (χ0n) is 12.9. The molecule has 0 spiro atoms. The summed E-state index contributed by atoms with van der Waals surface area (Å²) in [5, 5.41) is 14.6. The number of aromatic nitrogens is 2. The normalized spacial score (nSPS) is 22.6. The van der Waals surface area contributed by atoms with Gasteiger partial charge in [-0.25, -0.2) is 12.7 Å². The van der Waals surface area contributed by atoms with Gasteiger partial charge in [0.05, 0.1) is 18.6 Å². The number of sulfonamides is 1. The van der Waals surface area contributed by atoms with E-state index in [-0.39, 0.29) is 12.0 Å². The molecule has 0 saturated carbocycles. The van der Waals surface area contributed by atoms with E-state index in [0.717, 1.165) is 18.4 Å². The first-order valence-corrected chi connectivity index (χ1v) is 9.29. The van der Waals surface area contributed by atoms with Crippen molar-refractivity contribution in [2.45, 2.75) is 45.3 Å². The van der Waals surface area contributed by atoms with Gasteiger partial charge in [0.1, 0.15) is 0 Å². The molecular weight excluding hydrogens is 290 g/mol. The van der Waals surface area contributed by atoms with Crippen LogP contribution in [0, 0.1) is 5.92 Å². The van der Waals surface area contributed by atoms with Gasteiger partial charge in [-0.3, -0.25) is 4.68 Å². The lowest BCUT2D eigenvalue weighted by molar-refractivity contribution is 0.122. The second-order valence-corrected chi connectivity index (χ2v) is 8.21. The van der Waals surface area contributed by atoms with Crippen molar-refractivity contribution in [1.29, 1.82) is 0 Å². The molecule has 1 aromatic rings. The van der Waals surface area contributed by atoms with Crippen LogP contribution in [-0.4, -0.2) is 47.0 Å². The molecule has 0 bridgehead atoms. The average molecular weight is 315 g/mol. The first-order valence-electron chi connectivity index (χ1n) is 7.44. The molecule has 120 valence electrons. The van der Waals surface area contributed by atoms with Crippen molar-refractivity contribution in [2.24, 2.45) is 5.92 Å². The molecule has 6 nitrogen and oxygen atoms in total. The maximum atomic E-state index is 11.6. The van der Waals surface area contributed by atoms with Gasteiger partial charge in [-0.1, -0.05) is 0 Å². The predicted octanol–water partition coefficient (Wildman–Crippen LogP) is 1.56. The molecule has 0 radical (unpaired) electrons. The fraction of sp³-hybridized carbons (Fsp3) is 0.786. The van der Waals surface area contributed by atoms with Crippen LogP contribution in [0.4, 0.5) is 0 Å². The van der Waals surface area contributed by atoms with Crippen molar-refractivity contribution in [1.82, 2.24) is 14.1 Å². The third-order valence-corrected chi connectivity index (χ3v) is 5.31. The summed E-state index contributed by atoms with van der Waals surface area (Å²) >= 11 is 0. The Morgan fingerprint density at radius 1 is 1.48 bits per heavy atom. The van der Waals surface area contributed by atoms with Crippen LogP contribution in [0.5, 0.6) is 0 Å². The Morgan fingerprint density at radius 3 is 2.76 bits per heavy atom. The Hall–Kier alpha value is -0.920. The number of nitrogens with zero attached hydrogens (tertiary/aromatic N) is 3. The highest BCUT2D eigenvalue weighted by atomic mass is 32.2. The Bertz CT molecular complexity index is 568. The van der Waals surface area contributed by atoms with Crippen LogP contribution in [0.2, 0.25) is 0 Å². The lowest BCUT2D eigenvalue weighted by atomic mass is 9.92. The zero-order valence-corrected chi connectivity index (χ0v) is 13.8. The van der Waals surface area contributed by atoms with Crippen molar-refractivity contribution in [3.8, 4) is 0 Å².